The van der Waals surface area contributed by atoms with Gasteiger partial charge in [-0.15, -0.1) is 0 Å². The van der Waals surface area contributed by atoms with Crippen molar-refractivity contribution >= 4 is 23.3 Å². The Morgan fingerprint density at radius 1 is 1.38 bits per heavy atom. The molecule has 130 valence electrons. The number of hydrogen-bond donors (Lipinski definition) is 0. The predicted molar refractivity (Wildman–Crippen MR) is 92.3 cm³/mol. The van der Waals surface area contributed by atoms with Gasteiger partial charge in [-0.25, -0.2) is 9.37 Å². The molecule has 3 heterocycles. The minimum Gasteiger partial charge on any atom is -0.356 e. The van der Waals surface area contributed by atoms with Crippen LogP contribution >= 0.6 is 11.6 Å². The highest BCUT2D eigenvalue weighted by Crippen LogP contribution is 2.41. The van der Waals surface area contributed by atoms with Gasteiger partial charge in [-0.2, -0.15) is 0 Å². The van der Waals surface area contributed by atoms with Crippen LogP contribution in [0.3, 0.4) is 0 Å². The average Bonchev–Trinajstić information content (AvgIpc) is 3.31. The van der Waals surface area contributed by atoms with Crippen molar-refractivity contribution < 1.29 is 9.18 Å². The Hall–Kier alpha value is -1.36. The van der Waals surface area contributed by atoms with E-state index in [4.69, 9.17) is 11.6 Å². The number of carbonyl (C=O) groups is 1. The molecule has 6 heteroatoms. The van der Waals surface area contributed by atoms with E-state index in [-0.39, 0.29) is 11.9 Å². The summed E-state index contributed by atoms with van der Waals surface area (Å²) in [4.78, 5) is 21.4. The zero-order valence-corrected chi connectivity index (χ0v) is 14.9. The van der Waals surface area contributed by atoms with Crippen LogP contribution in [0.15, 0.2) is 6.07 Å². The number of piperidine rings is 1. The van der Waals surface area contributed by atoms with Crippen LogP contribution in [0.5, 0.6) is 0 Å². The van der Waals surface area contributed by atoms with Gasteiger partial charge in [0.1, 0.15) is 16.6 Å². The summed E-state index contributed by atoms with van der Waals surface area (Å²) in [6.45, 7) is 5.52. The van der Waals surface area contributed by atoms with Crippen molar-refractivity contribution in [2.24, 2.45) is 5.92 Å². The molecule has 1 aliphatic carbocycles. The highest BCUT2D eigenvalue weighted by atomic mass is 35.5. The van der Waals surface area contributed by atoms with Gasteiger partial charge in [0, 0.05) is 25.7 Å². The normalized spacial score (nSPS) is 24.2. The van der Waals surface area contributed by atoms with Crippen LogP contribution < -0.4 is 4.90 Å². The van der Waals surface area contributed by atoms with Crippen LogP contribution in [0.4, 0.5) is 10.2 Å². The molecule has 0 aromatic carbocycles. The van der Waals surface area contributed by atoms with E-state index >= 15 is 0 Å². The molecule has 0 radical (unpaired) electrons. The largest absolute Gasteiger partial charge is 0.356 e. The fourth-order valence-corrected chi connectivity index (χ4v) is 4.09. The van der Waals surface area contributed by atoms with E-state index in [2.05, 4.69) is 11.9 Å². The quantitative estimate of drug-likeness (QED) is 0.777. The Morgan fingerprint density at radius 2 is 2.04 bits per heavy atom. The van der Waals surface area contributed by atoms with Crippen LogP contribution in [-0.2, 0) is 6.54 Å². The molecule has 1 saturated carbocycles. The van der Waals surface area contributed by atoms with Gasteiger partial charge >= 0.3 is 0 Å². The first kappa shape index (κ1) is 16.1. The van der Waals surface area contributed by atoms with Crippen LogP contribution in [0.25, 0.3) is 0 Å². The minimum absolute atomic E-state index is 0.0529. The molecule has 0 N–H and O–H groups in total. The second kappa shape index (κ2) is 5.58. The maximum absolute atomic E-state index is 14.1. The molecule has 3 aliphatic rings. The summed E-state index contributed by atoms with van der Waals surface area (Å²) in [5.74, 6) is 1.32. The molecule has 0 bridgehead atoms. The molecule has 0 spiro atoms. The lowest BCUT2D eigenvalue weighted by atomic mass is 9.95. The van der Waals surface area contributed by atoms with E-state index in [1.54, 1.807) is 13.0 Å². The summed E-state index contributed by atoms with van der Waals surface area (Å²) in [7, 11) is 0. The third kappa shape index (κ3) is 2.77. The standard InChI is InChI=1S/C18H23ClFN3O/c1-11(12-3-4-12)23-10-13-9-14(19)21-16(15(13)17(23)24)22-7-5-18(2,20)6-8-22/h9,11-12H,3-8,10H2,1-2H3/t11-/m0/s1. The Labute approximate surface area is 147 Å². The van der Waals surface area contributed by atoms with Crippen molar-refractivity contribution in [1.82, 2.24) is 9.88 Å². The zero-order chi connectivity index (χ0) is 17.1. The van der Waals surface area contributed by atoms with Gasteiger partial charge in [-0.05, 0) is 57.1 Å². The van der Waals surface area contributed by atoms with Gasteiger partial charge in [-0.1, -0.05) is 11.6 Å². The molecule has 1 amide bonds. The van der Waals surface area contributed by atoms with E-state index in [0.29, 0.717) is 54.9 Å². The number of anilines is 1. The third-order valence-corrected chi connectivity index (χ3v) is 5.96. The summed E-state index contributed by atoms with van der Waals surface area (Å²) in [5.41, 5.74) is 0.500. The molecule has 4 nitrogen and oxygen atoms in total. The lowest BCUT2D eigenvalue weighted by molar-refractivity contribution is 0.0697. The summed E-state index contributed by atoms with van der Waals surface area (Å²) in [5, 5.41) is 0.408. The summed E-state index contributed by atoms with van der Waals surface area (Å²) in [6.07, 6.45) is 3.31. The number of rotatable bonds is 3. The van der Waals surface area contributed by atoms with E-state index in [1.807, 2.05) is 9.80 Å². The summed E-state index contributed by atoms with van der Waals surface area (Å²) < 4.78 is 14.1. The van der Waals surface area contributed by atoms with Gasteiger partial charge in [0.2, 0.25) is 0 Å². The minimum atomic E-state index is -1.13. The number of hydrogen-bond acceptors (Lipinski definition) is 3. The molecule has 2 fully saturated rings. The van der Waals surface area contributed by atoms with Gasteiger partial charge in [0.25, 0.3) is 5.91 Å². The van der Waals surface area contributed by atoms with Gasteiger partial charge in [-0.3, -0.25) is 4.79 Å². The average molecular weight is 352 g/mol. The molecule has 1 aromatic rings. The first-order valence-corrected chi connectivity index (χ1v) is 9.18. The second-order valence-electron chi connectivity index (χ2n) is 7.71. The Bertz CT molecular complexity index is 679. The fourth-order valence-electron chi connectivity index (χ4n) is 3.88. The highest BCUT2D eigenvalue weighted by Gasteiger charge is 2.41. The smallest absolute Gasteiger partial charge is 0.258 e. The number of nitrogens with zero attached hydrogens (tertiary/aromatic N) is 3. The Kier molecular flexibility index (Phi) is 3.75. The fraction of sp³-hybridized carbons (Fsp3) is 0.667. The van der Waals surface area contributed by atoms with Gasteiger partial charge in [0.05, 0.1) is 5.56 Å². The molecule has 0 unspecified atom stereocenters. The molecule has 24 heavy (non-hydrogen) atoms. The van der Waals surface area contributed by atoms with Crippen LogP contribution in [0.1, 0.15) is 55.5 Å². The lowest BCUT2D eigenvalue weighted by Crippen LogP contribution is -2.41. The second-order valence-corrected chi connectivity index (χ2v) is 8.10. The van der Waals surface area contributed by atoms with E-state index in [0.717, 1.165) is 5.56 Å². The Morgan fingerprint density at radius 3 is 2.67 bits per heavy atom. The monoisotopic (exact) mass is 351 g/mol. The first-order valence-electron chi connectivity index (χ1n) is 8.80. The van der Waals surface area contributed by atoms with Crippen molar-refractivity contribution in [2.45, 2.75) is 57.8 Å². The lowest BCUT2D eigenvalue weighted by Gasteiger charge is -2.35. The number of carbonyl (C=O) groups excluding carboxylic acids is 1. The van der Waals surface area contributed by atoms with E-state index in [1.165, 1.54) is 12.8 Å². The van der Waals surface area contributed by atoms with Gasteiger partial charge < -0.3 is 9.80 Å². The summed E-state index contributed by atoms with van der Waals surface area (Å²) >= 11 is 6.21. The maximum Gasteiger partial charge on any atom is 0.258 e. The number of amides is 1. The number of aromatic nitrogens is 1. The number of alkyl halides is 1. The molecular formula is C18H23ClFN3O. The number of fused-ring (bicyclic) bond motifs is 1. The van der Waals surface area contributed by atoms with Crippen molar-refractivity contribution in [2.75, 3.05) is 18.0 Å². The molecule has 1 saturated heterocycles. The van der Waals surface area contributed by atoms with Gasteiger partial charge in [0.15, 0.2) is 0 Å². The molecular weight excluding hydrogens is 329 g/mol. The van der Waals surface area contributed by atoms with Crippen molar-refractivity contribution in [3.63, 3.8) is 0 Å². The summed E-state index contributed by atoms with van der Waals surface area (Å²) in [6, 6.07) is 2.06. The van der Waals surface area contributed by atoms with E-state index in [9.17, 15) is 9.18 Å². The third-order valence-electron chi connectivity index (χ3n) is 5.77. The van der Waals surface area contributed by atoms with Crippen LogP contribution in [0, 0.1) is 5.92 Å². The molecule has 1 atom stereocenters. The van der Waals surface area contributed by atoms with Crippen molar-refractivity contribution in [3.05, 3.63) is 22.3 Å². The van der Waals surface area contributed by atoms with Crippen molar-refractivity contribution in [3.8, 4) is 0 Å². The predicted octanol–water partition coefficient (Wildman–Crippen LogP) is 3.82. The first-order chi connectivity index (χ1) is 11.4. The molecule has 4 rings (SSSR count). The SMILES string of the molecule is C[C@@H](C1CC1)N1Cc2cc(Cl)nc(N3CCC(C)(F)CC3)c2C1=O. The molecule has 2 aliphatic heterocycles. The Balaban J connectivity index is 1.65. The van der Waals surface area contributed by atoms with Crippen LogP contribution in [-0.4, -0.2) is 40.6 Å². The zero-order valence-electron chi connectivity index (χ0n) is 14.2. The number of pyridine rings is 1. The molecule has 1 aromatic heterocycles. The van der Waals surface area contributed by atoms with E-state index < -0.39 is 5.67 Å². The maximum atomic E-state index is 14.1. The topological polar surface area (TPSA) is 36.4 Å². The van der Waals surface area contributed by atoms with Crippen molar-refractivity contribution in [1.29, 1.82) is 0 Å². The highest BCUT2D eigenvalue weighted by molar-refractivity contribution is 6.29. The number of halogens is 2. The van der Waals surface area contributed by atoms with Crippen LogP contribution in [0.2, 0.25) is 5.15 Å².